The van der Waals surface area contributed by atoms with Crippen LogP contribution in [0.25, 0.3) is 0 Å². The van der Waals surface area contributed by atoms with Crippen molar-refractivity contribution in [2.75, 3.05) is 10.6 Å². The summed E-state index contributed by atoms with van der Waals surface area (Å²) >= 11 is 0. The fraction of sp³-hybridized carbons (Fsp3) is 0.227. The molecule has 0 bridgehead atoms. The van der Waals surface area contributed by atoms with E-state index in [1.165, 1.54) is 11.9 Å². The second-order valence-corrected chi connectivity index (χ2v) is 7.53. The third-order valence-corrected chi connectivity index (χ3v) is 4.23. The minimum atomic E-state index is -0.123. The molecule has 5 nitrogen and oxygen atoms in total. The molecule has 1 aromatic heterocycles. The number of benzene rings is 2. The van der Waals surface area contributed by atoms with Crippen molar-refractivity contribution in [3.63, 3.8) is 0 Å². The quantitative estimate of drug-likeness (QED) is 0.681. The topological polar surface area (TPSA) is 66.9 Å². The summed E-state index contributed by atoms with van der Waals surface area (Å²) in [5.74, 6) is 0.612. The van der Waals surface area contributed by atoms with Crippen molar-refractivity contribution in [2.45, 2.75) is 33.1 Å². The molecule has 0 aliphatic carbocycles. The lowest BCUT2D eigenvalue weighted by Gasteiger charge is -2.19. The number of aromatic nitrogens is 2. The van der Waals surface area contributed by atoms with E-state index in [4.69, 9.17) is 0 Å². The molecule has 5 heteroatoms. The van der Waals surface area contributed by atoms with Crippen molar-refractivity contribution in [1.82, 2.24) is 9.97 Å². The molecule has 0 atom stereocenters. The zero-order valence-corrected chi connectivity index (χ0v) is 16.1. The molecule has 3 rings (SSSR count). The molecule has 0 saturated heterocycles. The maximum absolute atomic E-state index is 12.4. The minimum absolute atomic E-state index is 0.0695. The maximum Gasteiger partial charge on any atom is 0.255 e. The largest absolute Gasteiger partial charge is 0.340 e. The SMILES string of the molecule is Cc1cc(Nc2ccc(NC(=O)c3ccc(C(C)(C)C)cc3)cc2)ncn1. The normalized spacial score (nSPS) is 11.1. The van der Waals surface area contributed by atoms with Crippen LogP contribution in [-0.2, 0) is 5.41 Å². The highest BCUT2D eigenvalue weighted by Gasteiger charge is 2.14. The minimum Gasteiger partial charge on any atom is -0.340 e. The molecule has 0 spiro atoms. The number of aryl methyl sites for hydroxylation is 1. The zero-order chi connectivity index (χ0) is 19.4. The van der Waals surface area contributed by atoms with Gasteiger partial charge in [-0.05, 0) is 54.3 Å². The van der Waals surface area contributed by atoms with E-state index >= 15 is 0 Å². The molecule has 1 amide bonds. The van der Waals surface area contributed by atoms with Crippen LogP contribution in [0.2, 0.25) is 0 Å². The molecule has 0 aliphatic heterocycles. The van der Waals surface area contributed by atoms with Crippen LogP contribution >= 0.6 is 0 Å². The Morgan fingerprint density at radius 1 is 0.889 bits per heavy atom. The number of anilines is 3. The molecule has 2 aromatic carbocycles. The van der Waals surface area contributed by atoms with E-state index in [9.17, 15) is 4.79 Å². The fourth-order valence-electron chi connectivity index (χ4n) is 2.63. The molecule has 0 aliphatic rings. The molecule has 0 radical (unpaired) electrons. The highest BCUT2D eigenvalue weighted by atomic mass is 16.1. The Labute approximate surface area is 159 Å². The highest BCUT2D eigenvalue weighted by molar-refractivity contribution is 6.04. The highest BCUT2D eigenvalue weighted by Crippen LogP contribution is 2.23. The van der Waals surface area contributed by atoms with Gasteiger partial charge in [0, 0.05) is 28.7 Å². The van der Waals surface area contributed by atoms with Crippen LogP contribution in [0.1, 0.15) is 42.4 Å². The van der Waals surface area contributed by atoms with Crippen molar-refractivity contribution >= 4 is 23.1 Å². The molecule has 138 valence electrons. The van der Waals surface area contributed by atoms with Gasteiger partial charge in [0.2, 0.25) is 0 Å². The van der Waals surface area contributed by atoms with Crippen molar-refractivity contribution in [3.05, 3.63) is 77.7 Å². The first-order chi connectivity index (χ1) is 12.8. The lowest BCUT2D eigenvalue weighted by Crippen LogP contribution is -2.14. The van der Waals surface area contributed by atoms with Crippen molar-refractivity contribution in [3.8, 4) is 0 Å². The monoisotopic (exact) mass is 360 g/mol. The molecular formula is C22H24N4O. The Morgan fingerprint density at radius 3 is 2.11 bits per heavy atom. The predicted molar refractivity (Wildman–Crippen MR) is 110 cm³/mol. The molecule has 0 fully saturated rings. The van der Waals surface area contributed by atoms with Crippen LogP contribution in [0.5, 0.6) is 0 Å². The third-order valence-electron chi connectivity index (χ3n) is 4.23. The fourth-order valence-corrected chi connectivity index (χ4v) is 2.63. The van der Waals surface area contributed by atoms with Gasteiger partial charge in [0.1, 0.15) is 12.1 Å². The summed E-state index contributed by atoms with van der Waals surface area (Å²) in [6, 6.07) is 17.1. The first kappa shape index (κ1) is 18.6. The summed E-state index contributed by atoms with van der Waals surface area (Å²) in [6.07, 6.45) is 1.52. The number of nitrogens with one attached hydrogen (secondary N) is 2. The summed E-state index contributed by atoms with van der Waals surface area (Å²) in [5, 5.41) is 6.14. The molecule has 0 saturated carbocycles. The molecule has 1 heterocycles. The zero-order valence-electron chi connectivity index (χ0n) is 16.1. The average Bonchev–Trinajstić information content (AvgIpc) is 2.63. The summed E-state index contributed by atoms with van der Waals surface area (Å²) in [6.45, 7) is 8.38. The first-order valence-electron chi connectivity index (χ1n) is 8.89. The second kappa shape index (κ2) is 7.58. The standard InChI is InChI=1S/C22H24N4O/c1-15-13-20(24-14-23-15)25-18-9-11-19(12-10-18)26-21(27)16-5-7-17(8-6-16)22(2,3)4/h5-14H,1-4H3,(H,26,27)(H,23,24,25). The summed E-state index contributed by atoms with van der Waals surface area (Å²) in [5.41, 5.74) is 4.44. The number of hydrogen-bond donors (Lipinski definition) is 2. The van der Waals surface area contributed by atoms with Crippen LogP contribution in [0, 0.1) is 6.92 Å². The van der Waals surface area contributed by atoms with Crippen LogP contribution in [0.3, 0.4) is 0 Å². The third kappa shape index (κ3) is 4.91. The van der Waals surface area contributed by atoms with Crippen LogP contribution in [0.4, 0.5) is 17.2 Å². The van der Waals surface area contributed by atoms with Gasteiger partial charge in [-0.1, -0.05) is 32.9 Å². The Balaban J connectivity index is 1.64. The summed E-state index contributed by atoms with van der Waals surface area (Å²) < 4.78 is 0. The Kier molecular flexibility index (Phi) is 5.21. The van der Waals surface area contributed by atoms with E-state index in [2.05, 4.69) is 41.4 Å². The average molecular weight is 360 g/mol. The van der Waals surface area contributed by atoms with Crippen LogP contribution in [-0.4, -0.2) is 15.9 Å². The molecule has 27 heavy (non-hydrogen) atoms. The van der Waals surface area contributed by atoms with Gasteiger partial charge in [0.25, 0.3) is 5.91 Å². The molecule has 3 aromatic rings. The number of nitrogens with zero attached hydrogens (tertiary/aromatic N) is 2. The van der Waals surface area contributed by atoms with E-state index in [0.717, 1.165) is 22.9 Å². The van der Waals surface area contributed by atoms with Gasteiger partial charge in [-0.15, -0.1) is 0 Å². The van der Waals surface area contributed by atoms with Gasteiger partial charge < -0.3 is 10.6 Å². The number of hydrogen-bond acceptors (Lipinski definition) is 4. The maximum atomic E-state index is 12.4. The van der Waals surface area contributed by atoms with Crippen LogP contribution < -0.4 is 10.6 Å². The van der Waals surface area contributed by atoms with Gasteiger partial charge in [-0.3, -0.25) is 4.79 Å². The number of amides is 1. The van der Waals surface area contributed by atoms with Gasteiger partial charge >= 0.3 is 0 Å². The van der Waals surface area contributed by atoms with E-state index in [0.29, 0.717) is 5.56 Å². The van der Waals surface area contributed by atoms with E-state index in [-0.39, 0.29) is 11.3 Å². The smallest absolute Gasteiger partial charge is 0.255 e. The van der Waals surface area contributed by atoms with Crippen molar-refractivity contribution in [1.29, 1.82) is 0 Å². The van der Waals surface area contributed by atoms with Gasteiger partial charge in [0.15, 0.2) is 0 Å². The Hall–Kier alpha value is -3.21. The number of rotatable bonds is 4. The molecule has 2 N–H and O–H groups in total. The lowest BCUT2D eigenvalue weighted by atomic mass is 9.87. The van der Waals surface area contributed by atoms with Gasteiger partial charge in [0.05, 0.1) is 0 Å². The van der Waals surface area contributed by atoms with Gasteiger partial charge in [-0.2, -0.15) is 0 Å². The summed E-state index contributed by atoms with van der Waals surface area (Å²) in [4.78, 5) is 20.7. The first-order valence-corrected chi connectivity index (χ1v) is 8.89. The Morgan fingerprint density at radius 2 is 1.52 bits per heavy atom. The van der Waals surface area contributed by atoms with Gasteiger partial charge in [-0.25, -0.2) is 9.97 Å². The van der Waals surface area contributed by atoms with E-state index in [1.807, 2.05) is 61.5 Å². The van der Waals surface area contributed by atoms with Crippen molar-refractivity contribution in [2.24, 2.45) is 0 Å². The molecular weight excluding hydrogens is 336 g/mol. The molecule has 0 unspecified atom stereocenters. The van der Waals surface area contributed by atoms with E-state index in [1.54, 1.807) is 0 Å². The number of carbonyl (C=O) groups excluding carboxylic acids is 1. The predicted octanol–water partition coefficient (Wildman–Crippen LogP) is 5.08. The van der Waals surface area contributed by atoms with Crippen LogP contribution in [0.15, 0.2) is 60.9 Å². The Bertz CT molecular complexity index is 926. The number of carbonyl (C=O) groups is 1. The van der Waals surface area contributed by atoms with E-state index < -0.39 is 0 Å². The second-order valence-electron chi connectivity index (χ2n) is 7.53. The van der Waals surface area contributed by atoms with Crippen molar-refractivity contribution < 1.29 is 4.79 Å². The lowest BCUT2D eigenvalue weighted by molar-refractivity contribution is 0.102. The summed E-state index contributed by atoms with van der Waals surface area (Å²) in [7, 11) is 0.